The van der Waals surface area contributed by atoms with Gasteiger partial charge in [-0.15, -0.1) is 0 Å². The maximum atomic E-state index is 8.91. The van der Waals surface area contributed by atoms with E-state index in [1.54, 1.807) is 7.11 Å². The fourth-order valence-electron chi connectivity index (χ4n) is 2.20. The first-order valence-corrected chi connectivity index (χ1v) is 4.86. The van der Waals surface area contributed by atoms with Crippen molar-refractivity contribution in [3.63, 3.8) is 0 Å². The molecule has 3 heteroatoms. The Morgan fingerprint density at radius 3 is 2.85 bits per heavy atom. The smallest absolute Gasteiger partial charge is 0.115 e. The first kappa shape index (κ1) is 10.8. The monoisotopic (exact) mass is 181 g/mol. The summed E-state index contributed by atoms with van der Waals surface area (Å²) < 4.78 is 5.39. The van der Waals surface area contributed by atoms with Crippen LogP contribution in [0.5, 0.6) is 0 Å². The Morgan fingerprint density at radius 2 is 2.38 bits per heavy atom. The highest BCUT2D eigenvalue weighted by Crippen LogP contribution is 2.42. The third kappa shape index (κ3) is 2.15. The average Bonchev–Trinajstić information content (AvgIpc) is 2.45. The van der Waals surface area contributed by atoms with Gasteiger partial charge in [-0.1, -0.05) is 19.0 Å². The summed E-state index contributed by atoms with van der Waals surface area (Å²) in [7, 11) is 3.91. The Hall–Kier alpha value is -0.275. The van der Waals surface area contributed by atoms with Crippen LogP contribution in [0.2, 0.25) is 12.6 Å². The van der Waals surface area contributed by atoms with Gasteiger partial charge in [-0.05, 0) is 18.7 Å². The molecule has 73 valence electrons. The molecule has 0 amide bonds. The van der Waals surface area contributed by atoms with E-state index in [2.05, 4.69) is 20.7 Å². The molecular weight excluding hydrogens is 163 g/mol. The quantitative estimate of drug-likeness (QED) is 0.526. The molecule has 1 radical (unpaired) electrons. The Balaban J connectivity index is 2.62. The highest BCUT2D eigenvalue weighted by atomic mass is 16.5. The van der Waals surface area contributed by atoms with E-state index in [9.17, 15) is 0 Å². The zero-order valence-corrected chi connectivity index (χ0v) is 8.49. The highest BCUT2D eigenvalue weighted by molar-refractivity contribution is 6.37. The second kappa shape index (κ2) is 4.82. The number of methoxy groups -OCH3 is 1. The minimum absolute atomic E-state index is 0.222. The first-order valence-electron chi connectivity index (χ1n) is 4.86. The number of hydrogen-bond acceptors (Lipinski definition) is 2. The van der Waals surface area contributed by atoms with Gasteiger partial charge in [0.2, 0.25) is 0 Å². The average molecular weight is 181 g/mol. The van der Waals surface area contributed by atoms with Crippen molar-refractivity contribution in [2.75, 3.05) is 13.7 Å². The third-order valence-corrected chi connectivity index (χ3v) is 3.03. The summed E-state index contributed by atoms with van der Waals surface area (Å²) >= 11 is 0. The molecule has 1 fully saturated rings. The van der Waals surface area contributed by atoms with E-state index in [0.29, 0.717) is 11.7 Å². The summed E-state index contributed by atoms with van der Waals surface area (Å²) in [4.78, 5) is 0. The molecule has 1 aliphatic rings. The fourth-order valence-corrected chi connectivity index (χ4v) is 2.20. The minimum Gasteiger partial charge on any atom is -0.396 e. The number of hydrogen-bond donors (Lipinski definition) is 1. The normalized spacial score (nSPS) is 33.8. The van der Waals surface area contributed by atoms with Crippen molar-refractivity contribution in [3.8, 4) is 0 Å². The molecule has 0 spiro atoms. The molecule has 3 atom stereocenters. The standard InChI is InChI=1S/C10H18BO2/c1-7-8(4-5-12)10(13-3)6-9(7)11-2/h8-10,12H,1,4-6H2,2-3H3/t8-,9-,10?/m0/s1. The van der Waals surface area contributed by atoms with E-state index in [4.69, 9.17) is 9.84 Å². The molecular formula is C10H18BO2. The second-order valence-corrected chi connectivity index (χ2v) is 3.64. The summed E-state index contributed by atoms with van der Waals surface area (Å²) in [6, 6.07) is 0. The van der Waals surface area contributed by atoms with Crippen LogP contribution in [0.3, 0.4) is 0 Å². The van der Waals surface area contributed by atoms with Crippen molar-refractivity contribution in [3.05, 3.63) is 12.2 Å². The molecule has 1 aliphatic carbocycles. The molecule has 0 bridgehead atoms. The lowest BCUT2D eigenvalue weighted by molar-refractivity contribution is 0.0682. The molecule has 1 rings (SSSR count). The minimum atomic E-state index is 0.222. The maximum Gasteiger partial charge on any atom is 0.115 e. The van der Waals surface area contributed by atoms with Crippen LogP contribution < -0.4 is 0 Å². The Kier molecular flexibility index (Phi) is 4.01. The number of rotatable bonds is 4. The van der Waals surface area contributed by atoms with E-state index in [-0.39, 0.29) is 12.7 Å². The molecule has 1 unspecified atom stereocenters. The van der Waals surface area contributed by atoms with E-state index in [1.807, 2.05) is 0 Å². The predicted octanol–water partition coefficient (Wildman–Crippen LogP) is 1.50. The molecule has 13 heavy (non-hydrogen) atoms. The Morgan fingerprint density at radius 1 is 1.69 bits per heavy atom. The molecule has 2 nitrogen and oxygen atoms in total. The fraction of sp³-hybridized carbons (Fsp3) is 0.800. The molecule has 1 saturated carbocycles. The predicted molar refractivity (Wildman–Crippen MR) is 55.1 cm³/mol. The van der Waals surface area contributed by atoms with Crippen LogP contribution in [-0.2, 0) is 4.74 Å². The van der Waals surface area contributed by atoms with Crippen molar-refractivity contribution < 1.29 is 9.84 Å². The second-order valence-electron chi connectivity index (χ2n) is 3.64. The van der Waals surface area contributed by atoms with Gasteiger partial charge in [0.05, 0.1) is 6.10 Å². The van der Waals surface area contributed by atoms with Gasteiger partial charge in [0.1, 0.15) is 7.28 Å². The van der Waals surface area contributed by atoms with E-state index in [1.165, 1.54) is 5.57 Å². The van der Waals surface area contributed by atoms with E-state index < -0.39 is 0 Å². The maximum absolute atomic E-state index is 8.91. The summed E-state index contributed by atoms with van der Waals surface area (Å²) in [5.74, 6) is 0.817. The largest absolute Gasteiger partial charge is 0.396 e. The van der Waals surface area contributed by atoms with Gasteiger partial charge < -0.3 is 9.84 Å². The zero-order valence-electron chi connectivity index (χ0n) is 8.49. The van der Waals surface area contributed by atoms with Crippen molar-refractivity contribution >= 4 is 7.28 Å². The SMILES string of the molecule is C=C1[C@@H]([B]C)CC(OC)[C@H]1CCO. The zero-order chi connectivity index (χ0) is 9.84. The Bertz CT molecular complexity index is 182. The summed E-state index contributed by atoms with van der Waals surface area (Å²) in [6.45, 7) is 6.36. The Labute approximate surface area is 81.2 Å². The molecule has 0 saturated heterocycles. The van der Waals surface area contributed by atoms with Gasteiger partial charge in [-0.25, -0.2) is 0 Å². The highest BCUT2D eigenvalue weighted by Gasteiger charge is 2.35. The molecule has 0 aromatic carbocycles. The van der Waals surface area contributed by atoms with E-state index >= 15 is 0 Å². The first-order chi connectivity index (χ1) is 6.24. The van der Waals surface area contributed by atoms with Crippen LogP contribution in [0.1, 0.15) is 12.8 Å². The third-order valence-electron chi connectivity index (χ3n) is 3.03. The summed E-state index contributed by atoms with van der Waals surface area (Å²) in [5, 5.41) is 8.91. The van der Waals surface area contributed by atoms with Crippen molar-refractivity contribution in [1.82, 2.24) is 0 Å². The van der Waals surface area contributed by atoms with Crippen molar-refractivity contribution in [2.24, 2.45) is 5.92 Å². The van der Waals surface area contributed by atoms with E-state index in [0.717, 1.165) is 12.8 Å². The lowest BCUT2D eigenvalue weighted by Crippen LogP contribution is -2.18. The van der Waals surface area contributed by atoms with Crippen LogP contribution in [-0.4, -0.2) is 32.2 Å². The van der Waals surface area contributed by atoms with Gasteiger partial charge in [0.15, 0.2) is 0 Å². The number of aliphatic hydroxyl groups excluding tert-OH is 1. The van der Waals surface area contributed by atoms with Crippen LogP contribution in [0.25, 0.3) is 0 Å². The molecule has 1 N–H and O–H groups in total. The van der Waals surface area contributed by atoms with Crippen LogP contribution in [0, 0.1) is 5.92 Å². The lowest BCUT2D eigenvalue weighted by Gasteiger charge is -2.17. The van der Waals surface area contributed by atoms with Crippen LogP contribution in [0.15, 0.2) is 12.2 Å². The van der Waals surface area contributed by atoms with Gasteiger partial charge in [-0.3, -0.25) is 0 Å². The number of aliphatic hydroxyl groups is 1. The molecule has 0 aromatic rings. The summed E-state index contributed by atoms with van der Waals surface area (Å²) in [5.41, 5.74) is 1.23. The lowest BCUT2D eigenvalue weighted by atomic mass is 9.64. The van der Waals surface area contributed by atoms with Crippen molar-refractivity contribution in [1.29, 1.82) is 0 Å². The van der Waals surface area contributed by atoms with Crippen LogP contribution in [0.4, 0.5) is 0 Å². The number of ether oxygens (including phenoxy) is 1. The molecule has 0 aliphatic heterocycles. The van der Waals surface area contributed by atoms with Gasteiger partial charge in [-0.2, -0.15) is 0 Å². The van der Waals surface area contributed by atoms with Crippen LogP contribution >= 0.6 is 0 Å². The topological polar surface area (TPSA) is 29.5 Å². The molecule has 0 aromatic heterocycles. The van der Waals surface area contributed by atoms with Gasteiger partial charge >= 0.3 is 0 Å². The van der Waals surface area contributed by atoms with Gasteiger partial charge in [0, 0.05) is 19.6 Å². The summed E-state index contributed by atoms with van der Waals surface area (Å²) in [6.07, 6.45) is 2.05. The molecule has 0 heterocycles. The van der Waals surface area contributed by atoms with Crippen molar-refractivity contribution in [2.45, 2.75) is 31.6 Å². The van der Waals surface area contributed by atoms with Gasteiger partial charge in [0.25, 0.3) is 0 Å².